The Labute approximate surface area is 104 Å². The second kappa shape index (κ2) is 7.29. The summed E-state index contributed by atoms with van der Waals surface area (Å²) in [5, 5.41) is 20.1. The van der Waals surface area contributed by atoms with E-state index in [9.17, 15) is 19.5 Å². The van der Waals surface area contributed by atoms with Crippen molar-refractivity contribution >= 4 is 28.8 Å². The van der Waals surface area contributed by atoms with Gasteiger partial charge in [-0.15, -0.1) is 0 Å². The van der Waals surface area contributed by atoms with E-state index in [1.807, 2.05) is 0 Å². The molecule has 0 radical (unpaired) electrons. The molecule has 0 fully saturated rings. The average molecular weight is 263 g/mol. The number of rotatable bonds is 6. The highest BCUT2D eigenvalue weighted by Gasteiger charge is 2.26. The van der Waals surface area contributed by atoms with Gasteiger partial charge in [-0.25, -0.2) is 4.79 Å². The van der Waals surface area contributed by atoms with Crippen molar-refractivity contribution in [3.63, 3.8) is 0 Å². The molecule has 0 aliphatic heterocycles. The molecular weight excluding hydrogens is 246 g/mol. The third kappa shape index (κ3) is 6.28. The van der Waals surface area contributed by atoms with Crippen LogP contribution in [0.1, 0.15) is 20.8 Å². The van der Waals surface area contributed by atoms with Crippen LogP contribution in [0.15, 0.2) is 0 Å². The van der Waals surface area contributed by atoms with Gasteiger partial charge >= 0.3 is 5.97 Å². The Hall–Kier alpha value is -1.08. The Morgan fingerprint density at radius 1 is 1.29 bits per heavy atom. The fourth-order valence-electron chi connectivity index (χ4n) is 1.00. The van der Waals surface area contributed by atoms with Gasteiger partial charge in [0.15, 0.2) is 11.2 Å². The molecule has 0 saturated heterocycles. The lowest BCUT2D eigenvalue weighted by Crippen LogP contribution is -2.49. The standard InChI is InChI=1S/C10H17NO5S/c1-5(4-17-7(3)13)9(14)11-8(6(2)12)10(15)16/h5-6,8,12H,4H2,1-3H3,(H,11,14)(H,15,16)/t5?,6-,8-/m0/s1. The lowest BCUT2D eigenvalue weighted by atomic mass is 10.1. The smallest absolute Gasteiger partial charge is 0.328 e. The van der Waals surface area contributed by atoms with Gasteiger partial charge in [0.2, 0.25) is 5.91 Å². The second-order valence-corrected chi connectivity index (χ2v) is 4.97. The minimum absolute atomic E-state index is 0.102. The highest BCUT2D eigenvalue weighted by Crippen LogP contribution is 2.09. The summed E-state index contributed by atoms with van der Waals surface area (Å²) in [5.41, 5.74) is 0. The van der Waals surface area contributed by atoms with Gasteiger partial charge < -0.3 is 15.5 Å². The summed E-state index contributed by atoms with van der Waals surface area (Å²) in [6, 6.07) is -1.33. The van der Waals surface area contributed by atoms with Gasteiger partial charge in [0.05, 0.1) is 6.10 Å². The largest absolute Gasteiger partial charge is 0.480 e. The van der Waals surface area contributed by atoms with Crippen molar-refractivity contribution in [1.29, 1.82) is 0 Å². The van der Waals surface area contributed by atoms with Crippen LogP contribution in [-0.2, 0) is 14.4 Å². The van der Waals surface area contributed by atoms with E-state index in [2.05, 4.69) is 5.32 Å². The molecule has 0 aliphatic rings. The van der Waals surface area contributed by atoms with Crippen molar-refractivity contribution in [3.05, 3.63) is 0 Å². The summed E-state index contributed by atoms with van der Waals surface area (Å²) in [6.07, 6.45) is -1.18. The Kier molecular flexibility index (Phi) is 6.82. The fraction of sp³-hybridized carbons (Fsp3) is 0.700. The zero-order valence-corrected chi connectivity index (χ0v) is 10.8. The number of hydrogen-bond acceptors (Lipinski definition) is 5. The maximum atomic E-state index is 11.6. The molecule has 0 rings (SSSR count). The van der Waals surface area contributed by atoms with E-state index < -0.39 is 29.9 Å². The Morgan fingerprint density at radius 3 is 2.18 bits per heavy atom. The molecule has 1 unspecified atom stereocenters. The predicted octanol–water partition coefficient (Wildman–Crippen LogP) is -0.148. The van der Waals surface area contributed by atoms with Crippen LogP contribution in [0.4, 0.5) is 0 Å². The van der Waals surface area contributed by atoms with Crippen LogP contribution in [0.2, 0.25) is 0 Å². The van der Waals surface area contributed by atoms with Gasteiger partial charge in [0.1, 0.15) is 0 Å². The molecule has 98 valence electrons. The normalized spacial score (nSPS) is 15.8. The number of thioether (sulfide) groups is 1. The zero-order chi connectivity index (χ0) is 13.6. The molecule has 0 bridgehead atoms. The van der Waals surface area contributed by atoms with Crippen LogP contribution < -0.4 is 5.32 Å². The molecule has 17 heavy (non-hydrogen) atoms. The maximum absolute atomic E-state index is 11.6. The summed E-state index contributed by atoms with van der Waals surface area (Å²) >= 11 is 1.00. The minimum Gasteiger partial charge on any atom is -0.480 e. The van der Waals surface area contributed by atoms with Crippen molar-refractivity contribution in [1.82, 2.24) is 5.32 Å². The SMILES string of the molecule is CC(=O)SCC(C)C(=O)N[C@H](C(=O)O)[C@H](C)O. The van der Waals surface area contributed by atoms with Crippen LogP contribution in [0.3, 0.4) is 0 Å². The summed E-state index contributed by atoms with van der Waals surface area (Å²) in [7, 11) is 0. The van der Waals surface area contributed by atoms with Crippen LogP contribution >= 0.6 is 11.8 Å². The first-order valence-electron chi connectivity index (χ1n) is 5.10. The number of aliphatic hydroxyl groups excluding tert-OH is 1. The lowest BCUT2D eigenvalue weighted by Gasteiger charge is -2.19. The molecule has 6 nitrogen and oxygen atoms in total. The summed E-state index contributed by atoms with van der Waals surface area (Å²) in [5.74, 6) is -2.00. The zero-order valence-electron chi connectivity index (χ0n) is 9.97. The van der Waals surface area contributed by atoms with Crippen molar-refractivity contribution in [3.8, 4) is 0 Å². The van der Waals surface area contributed by atoms with Crippen molar-refractivity contribution < 1.29 is 24.6 Å². The van der Waals surface area contributed by atoms with E-state index in [0.717, 1.165) is 11.8 Å². The quantitative estimate of drug-likeness (QED) is 0.616. The van der Waals surface area contributed by atoms with Gasteiger partial charge in [0, 0.05) is 18.6 Å². The molecule has 3 N–H and O–H groups in total. The number of aliphatic hydroxyl groups is 1. The van der Waals surface area contributed by atoms with E-state index in [1.165, 1.54) is 13.8 Å². The molecule has 0 aromatic carbocycles. The van der Waals surface area contributed by atoms with Gasteiger partial charge in [-0.1, -0.05) is 18.7 Å². The topological polar surface area (TPSA) is 104 Å². The molecule has 0 saturated carbocycles. The number of nitrogens with one attached hydrogen (secondary N) is 1. The van der Waals surface area contributed by atoms with Crippen LogP contribution in [0.5, 0.6) is 0 Å². The molecule has 0 heterocycles. The molecule has 0 spiro atoms. The number of carbonyl (C=O) groups is 3. The molecular formula is C10H17NO5S. The molecule has 0 aliphatic carbocycles. The van der Waals surface area contributed by atoms with E-state index in [1.54, 1.807) is 6.92 Å². The first kappa shape index (κ1) is 15.9. The Morgan fingerprint density at radius 2 is 1.82 bits per heavy atom. The van der Waals surface area contributed by atoms with Gasteiger partial charge in [-0.2, -0.15) is 0 Å². The number of carboxylic acid groups (broad SMARTS) is 1. The third-order valence-corrected chi connectivity index (χ3v) is 3.10. The maximum Gasteiger partial charge on any atom is 0.328 e. The lowest BCUT2D eigenvalue weighted by molar-refractivity contribution is -0.145. The highest BCUT2D eigenvalue weighted by atomic mass is 32.2. The summed E-state index contributed by atoms with van der Waals surface area (Å²) < 4.78 is 0. The van der Waals surface area contributed by atoms with Crippen LogP contribution in [-0.4, -0.2) is 45.1 Å². The molecule has 1 amide bonds. The number of carbonyl (C=O) groups excluding carboxylic acids is 2. The van der Waals surface area contributed by atoms with E-state index >= 15 is 0 Å². The van der Waals surface area contributed by atoms with Crippen LogP contribution in [0, 0.1) is 5.92 Å². The van der Waals surface area contributed by atoms with Crippen molar-refractivity contribution in [2.24, 2.45) is 5.92 Å². The summed E-state index contributed by atoms with van der Waals surface area (Å²) in [4.78, 5) is 33.0. The van der Waals surface area contributed by atoms with Crippen LogP contribution in [0.25, 0.3) is 0 Å². The van der Waals surface area contributed by atoms with Gasteiger partial charge in [-0.3, -0.25) is 9.59 Å². The number of amides is 1. The number of carboxylic acids is 1. The summed E-state index contributed by atoms with van der Waals surface area (Å²) in [6.45, 7) is 4.27. The average Bonchev–Trinajstić information content (AvgIpc) is 2.20. The van der Waals surface area contributed by atoms with Crippen molar-refractivity contribution in [2.75, 3.05) is 5.75 Å². The number of hydrogen-bond donors (Lipinski definition) is 3. The second-order valence-electron chi connectivity index (χ2n) is 3.77. The highest BCUT2D eigenvalue weighted by molar-refractivity contribution is 8.13. The van der Waals surface area contributed by atoms with Crippen molar-refractivity contribution in [2.45, 2.75) is 32.9 Å². The number of aliphatic carboxylic acids is 1. The molecule has 7 heteroatoms. The molecule has 0 aromatic heterocycles. The first-order valence-corrected chi connectivity index (χ1v) is 6.08. The fourth-order valence-corrected chi connectivity index (χ4v) is 1.64. The van der Waals surface area contributed by atoms with Gasteiger partial charge in [0.25, 0.3) is 0 Å². The Balaban J connectivity index is 4.31. The van der Waals surface area contributed by atoms with E-state index in [4.69, 9.17) is 5.11 Å². The molecule has 3 atom stereocenters. The molecule has 0 aromatic rings. The van der Waals surface area contributed by atoms with Gasteiger partial charge in [-0.05, 0) is 6.92 Å². The minimum atomic E-state index is -1.33. The predicted molar refractivity (Wildman–Crippen MR) is 63.6 cm³/mol. The Bertz CT molecular complexity index is 305. The van der Waals surface area contributed by atoms with E-state index in [0.29, 0.717) is 0 Å². The first-order chi connectivity index (χ1) is 7.75. The van der Waals surface area contributed by atoms with E-state index in [-0.39, 0.29) is 10.9 Å². The monoisotopic (exact) mass is 263 g/mol. The third-order valence-electron chi connectivity index (χ3n) is 2.03.